The first-order valence-corrected chi connectivity index (χ1v) is 9.72. The first-order valence-electron chi connectivity index (χ1n) is 8.90. The largest absolute Gasteiger partial charge is 0.450 e. The Morgan fingerprint density at radius 1 is 1.07 bits per heavy atom. The molecule has 0 saturated heterocycles. The van der Waals surface area contributed by atoms with Crippen LogP contribution < -0.4 is 10.3 Å². The standard InChI is InChI=1S/C21H14FN3O3S/c1-10-3-8-15-14(9-10)18(26)16-17(12-4-6-13(22)7-5-12)25(20(27)19(16)28-15)21-24-23-11(2)29-21/h3-9,17H,1-2H3/t17-/m0/s1. The molecule has 0 spiro atoms. The van der Waals surface area contributed by atoms with Crippen molar-refractivity contribution in [3.63, 3.8) is 0 Å². The number of benzene rings is 2. The highest BCUT2D eigenvalue weighted by Gasteiger charge is 2.45. The number of halogens is 1. The van der Waals surface area contributed by atoms with Crippen molar-refractivity contribution >= 4 is 33.3 Å². The zero-order chi connectivity index (χ0) is 20.3. The van der Waals surface area contributed by atoms with Gasteiger partial charge in [0.1, 0.15) is 16.4 Å². The topological polar surface area (TPSA) is 76.3 Å². The van der Waals surface area contributed by atoms with Gasteiger partial charge in [0.05, 0.1) is 17.0 Å². The van der Waals surface area contributed by atoms with Crippen LogP contribution in [0.15, 0.2) is 51.7 Å². The van der Waals surface area contributed by atoms with Gasteiger partial charge in [-0.15, -0.1) is 10.2 Å². The molecule has 144 valence electrons. The molecule has 1 aliphatic heterocycles. The van der Waals surface area contributed by atoms with Gasteiger partial charge in [-0.05, 0) is 43.7 Å². The molecule has 29 heavy (non-hydrogen) atoms. The first kappa shape index (κ1) is 17.7. The number of rotatable bonds is 2. The molecule has 0 saturated carbocycles. The summed E-state index contributed by atoms with van der Waals surface area (Å²) in [6.07, 6.45) is 0. The lowest BCUT2D eigenvalue weighted by Gasteiger charge is -2.22. The van der Waals surface area contributed by atoms with Crippen molar-refractivity contribution in [3.8, 4) is 0 Å². The quantitative estimate of drug-likeness (QED) is 0.499. The number of aryl methyl sites for hydroxylation is 2. The molecule has 6 nitrogen and oxygen atoms in total. The molecule has 1 atom stereocenters. The monoisotopic (exact) mass is 407 g/mol. The molecule has 0 N–H and O–H groups in total. The van der Waals surface area contributed by atoms with Gasteiger partial charge in [0, 0.05) is 0 Å². The Bertz CT molecular complexity index is 1340. The molecule has 5 rings (SSSR count). The molecule has 1 amide bonds. The van der Waals surface area contributed by atoms with E-state index in [0.29, 0.717) is 26.7 Å². The Kier molecular flexibility index (Phi) is 3.85. The Morgan fingerprint density at radius 2 is 1.83 bits per heavy atom. The van der Waals surface area contributed by atoms with E-state index in [1.165, 1.54) is 28.4 Å². The summed E-state index contributed by atoms with van der Waals surface area (Å²) < 4.78 is 19.4. The smallest absolute Gasteiger partial charge is 0.297 e. The number of anilines is 1. The van der Waals surface area contributed by atoms with E-state index >= 15 is 0 Å². The predicted octanol–water partition coefficient (Wildman–Crippen LogP) is 4.15. The third-order valence-electron chi connectivity index (χ3n) is 4.93. The number of nitrogens with zero attached hydrogens (tertiary/aromatic N) is 3. The molecule has 2 aromatic heterocycles. The second-order valence-electron chi connectivity index (χ2n) is 6.91. The number of carbonyl (C=O) groups is 1. The van der Waals surface area contributed by atoms with E-state index in [-0.39, 0.29) is 16.8 Å². The Labute approximate surface area is 168 Å². The Balaban J connectivity index is 1.83. The lowest BCUT2D eigenvalue weighted by atomic mass is 9.98. The molecule has 0 aliphatic carbocycles. The number of hydrogen-bond acceptors (Lipinski definition) is 6. The van der Waals surface area contributed by atoms with Crippen molar-refractivity contribution in [2.75, 3.05) is 4.90 Å². The minimum absolute atomic E-state index is 0.0199. The van der Waals surface area contributed by atoms with Gasteiger partial charge in [0.15, 0.2) is 5.43 Å². The van der Waals surface area contributed by atoms with Gasteiger partial charge in [0.25, 0.3) is 5.91 Å². The van der Waals surface area contributed by atoms with E-state index in [0.717, 1.165) is 5.56 Å². The van der Waals surface area contributed by atoms with Gasteiger partial charge in [-0.2, -0.15) is 0 Å². The average Bonchev–Trinajstić information content (AvgIpc) is 3.25. The molecule has 8 heteroatoms. The summed E-state index contributed by atoms with van der Waals surface area (Å²) in [7, 11) is 0. The summed E-state index contributed by atoms with van der Waals surface area (Å²) in [5.74, 6) is -0.892. The van der Waals surface area contributed by atoms with Crippen LogP contribution in [-0.2, 0) is 0 Å². The third kappa shape index (κ3) is 2.67. The maximum atomic E-state index is 13.5. The van der Waals surface area contributed by atoms with E-state index < -0.39 is 17.8 Å². The van der Waals surface area contributed by atoms with Crippen LogP contribution in [0.3, 0.4) is 0 Å². The summed E-state index contributed by atoms with van der Waals surface area (Å²) in [6, 6.07) is 10.2. The number of hydrogen-bond donors (Lipinski definition) is 0. The van der Waals surface area contributed by atoms with Crippen molar-refractivity contribution in [2.45, 2.75) is 19.9 Å². The summed E-state index contributed by atoms with van der Waals surface area (Å²) in [4.78, 5) is 28.1. The zero-order valence-electron chi connectivity index (χ0n) is 15.5. The van der Waals surface area contributed by atoms with Crippen molar-refractivity contribution < 1.29 is 13.6 Å². The number of amides is 1. The lowest BCUT2D eigenvalue weighted by molar-refractivity contribution is 0.0970. The molecule has 4 aromatic rings. The van der Waals surface area contributed by atoms with Crippen LogP contribution in [0.25, 0.3) is 11.0 Å². The van der Waals surface area contributed by atoms with E-state index in [2.05, 4.69) is 10.2 Å². The summed E-state index contributed by atoms with van der Waals surface area (Å²) in [6.45, 7) is 3.66. The van der Waals surface area contributed by atoms with E-state index in [1.807, 2.05) is 13.0 Å². The maximum Gasteiger partial charge on any atom is 0.297 e. The van der Waals surface area contributed by atoms with Crippen LogP contribution >= 0.6 is 11.3 Å². The minimum atomic E-state index is -0.772. The Hall–Kier alpha value is -3.39. The van der Waals surface area contributed by atoms with Gasteiger partial charge < -0.3 is 4.42 Å². The molecule has 2 aromatic carbocycles. The van der Waals surface area contributed by atoms with Crippen LogP contribution in [0.2, 0.25) is 0 Å². The maximum absolute atomic E-state index is 13.5. The second-order valence-corrected chi connectivity index (χ2v) is 8.07. The highest BCUT2D eigenvalue weighted by molar-refractivity contribution is 7.15. The van der Waals surface area contributed by atoms with Crippen LogP contribution in [0.4, 0.5) is 9.52 Å². The number of fused-ring (bicyclic) bond motifs is 2. The zero-order valence-corrected chi connectivity index (χ0v) is 16.3. The SMILES string of the molecule is Cc1ccc2oc3c(c(=O)c2c1)[C@H](c1ccc(F)cc1)N(c1nnc(C)s1)C3=O. The summed E-state index contributed by atoms with van der Waals surface area (Å²) in [5, 5.41) is 9.53. The van der Waals surface area contributed by atoms with Gasteiger partial charge in [-0.1, -0.05) is 35.1 Å². The van der Waals surface area contributed by atoms with Gasteiger partial charge in [-0.25, -0.2) is 4.39 Å². The average molecular weight is 407 g/mol. The fourth-order valence-electron chi connectivity index (χ4n) is 3.63. The molecular weight excluding hydrogens is 393 g/mol. The second kappa shape index (κ2) is 6.31. The normalized spacial score (nSPS) is 15.9. The van der Waals surface area contributed by atoms with Crippen LogP contribution in [-0.4, -0.2) is 16.1 Å². The molecule has 0 unspecified atom stereocenters. The highest BCUT2D eigenvalue weighted by Crippen LogP contribution is 2.42. The predicted molar refractivity (Wildman–Crippen MR) is 107 cm³/mol. The van der Waals surface area contributed by atoms with Crippen LogP contribution in [0.5, 0.6) is 0 Å². The molecule has 3 heterocycles. The fraction of sp³-hybridized carbons (Fsp3) is 0.143. The van der Waals surface area contributed by atoms with Crippen molar-refractivity contribution in [1.29, 1.82) is 0 Å². The molecule has 0 fully saturated rings. The Morgan fingerprint density at radius 3 is 2.52 bits per heavy atom. The van der Waals surface area contributed by atoms with Crippen molar-refractivity contribution in [1.82, 2.24) is 10.2 Å². The lowest BCUT2D eigenvalue weighted by Crippen LogP contribution is -2.29. The molecule has 0 radical (unpaired) electrons. The van der Waals surface area contributed by atoms with Gasteiger partial charge >= 0.3 is 0 Å². The van der Waals surface area contributed by atoms with Gasteiger partial charge in [-0.3, -0.25) is 14.5 Å². The van der Waals surface area contributed by atoms with E-state index in [4.69, 9.17) is 4.42 Å². The number of aromatic nitrogens is 2. The summed E-state index contributed by atoms with van der Waals surface area (Å²) in [5.41, 5.74) is 1.79. The molecule has 1 aliphatic rings. The van der Waals surface area contributed by atoms with E-state index in [9.17, 15) is 14.0 Å². The van der Waals surface area contributed by atoms with Gasteiger partial charge in [0.2, 0.25) is 10.9 Å². The highest BCUT2D eigenvalue weighted by atomic mass is 32.1. The number of carbonyl (C=O) groups excluding carboxylic acids is 1. The van der Waals surface area contributed by atoms with E-state index in [1.54, 1.807) is 31.2 Å². The third-order valence-corrected chi connectivity index (χ3v) is 5.77. The first-order chi connectivity index (χ1) is 13.9. The fourth-order valence-corrected chi connectivity index (χ4v) is 4.34. The minimum Gasteiger partial charge on any atom is -0.450 e. The molecular formula is C21H14FN3O3S. The van der Waals surface area contributed by atoms with Crippen LogP contribution in [0, 0.1) is 19.7 Å². The van der Waals surface area contributed by atoms with Crippen molar-refractivity contribution in [3.05, 3.63) is 86.0 Å². The summed E-state index contributed by atoms with van der Waals surface area (Å²) >= 11 is 1.24. The van der Waals surface area contributed by atoms with Crippen molar-refractivity contribution in [2.24, 2.45) is 0 Å². The molecule has 0 bridgehead atoms. The van der Waals surface area contributed by atoms with Crippen LogP contribution in [0.1, 0.15) is 38.3 Å².